The minimum absolute atomic E-state index is 0.00101. The number of likely N-dealkylation sites (N-methyl/N-ethyl adjacent to an activating group) is 1. The van der Waals surface area contributed by atoms with E-state index in [-0.39, 0.29) is 17.8 Å². The molecule has 3 atom stereocenters. The van der Waals surface area contributed by atoms with Gasteiger partial charge >= 0.3 is 17.9 Å². The molecule has 0 aliphatic rings. The first kappa shape index (κ1) is 27.6. The third kappa shape index (κ3) is 10.3. The Balaban J connectivity index is 5.14. The number of nitrogens with one attached hydrogen (secondary N) is 1. The van der Waals surface area contributed by atoms with Gasteiger partial charge in [-0.15, -0.1) is 0 Å². The molecule has 0 aromatic heterocycles. The van der Waals surface area contributed by atoms with Gasteiger partial charge in [0.15, 0.2) is 0 Å². The van der Waals surface area contributed by atoms with Crippen molar-refractivity contribution in [3.8, 4) is 0 Å². The maximum Gasteiger partial charge on any atom is 0.348 e. The van der Waals surface area contributed by atoms with Crippen LogP contribution in [0.25, 0.3) is 0 Å². The van der Waals surface area contributed by atoms with Gasteiger partial charge in [-0.2, -0.15) is 0 Å². The van der Waals surface area contributed by atoms with Crippen molar-refractivity contribution in [3.05, 3.63) is 0 Å². The van der Waals surface area contributed by atoms with Gasteiger partial charge in [-0.3, -0.25) is 4.79 Å². The molecule has 0 rings (SSSR count). The van der Waals surface area contributed by atoms with Crippen LogP contribution in [-0.2, 0) is 28.6 Å². The molecule has 0 amide bonds. The van der Waals surface area contributed by atoms with Gasteiger partial charge < -0.3 is 19.5 Å². The lowest BCUT2D eigenvalue weighted by atomic mass is 10.0. The molecule has 1 N–H and O–H groups in total. The summed E-state index contributed by atoms with van der Waals surface area (Å²) in [5.74, 6) is -2.36. The van der Waals surface area contributed by atoms with Crippen LogP contribution < -0.4 is 5.32 Å². The first-order valence-corrected chi connectivity index (χ1v) is 14.2. The van der Waals surface area contributed by atoms with Crippen LogP contribution in [0.5, 0.6) is 0 Å². The fourth-order valence-corrected chi connectivity index (χ4v) is 3.28. The predicted octanol–water partition coefficient (Wildman–Crippen LogP) is 3.25. The van der Waals surface area contributed by atoms with E-state index in [0.717, 1.165) is 6.04 Å². The lowest BCUT2D eigenvalue weighted by Crippen LogP contribution is -2.46. The Bertz CT molecular complexity index is 542. The molecule has 170 valence electrons. The summed E-state index contributed by atoms with van der Waals surface area (Å²) in [4.78, 5) is 37.6. The van der Waals surface area contributed by atoms with E-state index in [2.05, 4.69) is 25.0 Å². The van der Waals surface area contributed by atoms with E-state index in [0.29, 0.717) is 6.61 Å². The molecule has 7 nitrogen and oxygen atoms in total. The minimum atomic E-state index is -1.34. The third-order valence-corrected chi connectivity index (χ3v) is 6.19. The number of carbonyl (C=O) groups is 3. The van der Waals surface area contributed by atoms with E-state index in [9.17, 15) is 14.4 Å². The highest BCUT2D eigenvalue weighted by Gasteiger charge is 2.36. The maximum atomic E-state index is 12.7. The van der Waals surface area contributed by atoms with Gasteiger partial charge in [-0.25, -0.2) is 9.59 Å². The molecule has 0 saturated heterocycles. The second kappa shape index (κ2) is 12.3. The van der Waals surface area contributed by atoms with Crippen molar-refractivity contribution in [3.63, 3.8) is 0 Å². The van der Waals surface area contributed by atoms with Crippen molar-refractivity contribution in [1.82, 2.24) is 5.32 Å². The molecule has 0 heterocycles. The average molecular weight is 432 g/mol. The summed E-state index contributed by atoms with van der Waals surface area (Å²) < 4.78 is 16.3. The molecule has 0 aromatic carbocycles. The number of hydrogen-bond acceptors (Lipinski definition) is 7. The summed E-state index contributed by atoms with van der Waals surface area (Å²) in [6, 6.07) is 0.307. The Hall–Kier alpha value is -1.41. The van der Waals surface area contributed by atoms with Gasteiger partial charge in [0.25, 0.3) is 0 Å². The highest BCUT2D eigenvalue weighted by Crippen LogP contribution is 2.17. The monoisotopic (exact) mass is 431 g/mol. The maximum absolute atomic E-state index is 12.7. The lowest BCUT2D eigenvalue weighted by Gasteiger charge is -2.27. The first-order chi connectivity index (χ1) is 13.2. The van der Waals surface area contributed by atoms with Gasteiger partial charge in [0.1, 0.15) is 6.04 Å². The Labute approximate surface area is 177 Å². The van der Waals surface area contributed by atoms with Gasteiger partial charge in [0, 0.05) is 19.9 Å². The van der Waals surface area contributed by atoms with Crippen LogP contribution in [-0.4, -0.2) is 57.9 Å². The van der Waals surface area contributed by atoms with E-state index >= 15 is 0 Å². The molecule has 0 aromatic rings. The zero-order chi connectivity index (χ0) is 22.9. The van der Waals surface area contributed by atoms with E-state index in [1.54, 1.807) is 34.7 Å². The molecule has 0 fully saturated rings. The third-order valence-electron chi connectivity index (χ3n) is 4.49. The summed E-state index contributed by atoms with van der Waals surface area (Å²) in [6.45, 7) is 17.8. The number of ether oxygens (including phenoxy) is 3. The fourth-order valence-electron chi connectivity index (χ4n) is 2.57. The molecule has 29 heavy (non-hydrogen) atoms. The fraction of sp³-hybridized carbons (Fsp3) is 0.857. The van der Waals surface area contributed by atoms with Crippen LogP contribution in [0.3, 0.4) is 0 Å². The van der Waals surface area contributed by atoms with Crippen LogP contribution >= 0.6 is 0 Å². The predicted molar refractivity (Wildman–Crippen MR) is 116 cm³/mol. The topological polar surface area (TPSA) is 90.9 Å². The second-order valence-electron chi connectivity index (χ2n) is 9.69. The first-order valence-electron chi connectivity index (χ1n) is 10.5. The number of esters is 3. The smallest absolute Gasteiger partial charge is 0.348 e. The van der Waals surface area contributed by atoms with E-state index in [4.69, 9.17) is 14.2 Å². The van der Waals surface area contributed by atoms with Crippen LogP contribution in [0.15, 0.2) is 0 Å². The molecule has 8 heteroatoms. The SMILES string of the molecule is CN[C@H](C(=O)O[C@H](C(=O)O[C@H](C(=O)OCC[Si](C)(C)C)C(C)C)C(C)C)C(C)C. The largest absolute Gasteiger partial charge is 0.463 e. The molecular formula is C21H41NO6Si. The zero-order valence-electron chi connectivity index (χ0n) is 19.8. The van der Waals surface area contributed by atoms with E-state index in [1.807, 2.05) is 13.8 Å². The molecular weight excluding hydrogens is 390 g/mol. The molecule has 0 spiro atoms. The number of carbonyl (C=O) groups excluding carboxylic acids is 3. The quantitative estimate of drug-likeness (QED) is 0.288. The molecule has 0 saturated carbocycles. The van der Waals surface area contributed by atoms with Gasteiger partial charge in [-0.05, 0) is 19.0 Å². The molecule has 0 aliphatic carbocycles. The van der Waals surface area contributed by atoms with Crippen molar-refractivity contribution < 1.29 is 28.6 Å². The van der Waals surface area contributed by atoms with E-state index < -0.39 is 44.2 Å². The van der Waals surface area contributed by atoms with Crippen LogP contribution in [0.4, 0.5) is 0 Å². The molecule has 0 aliphatic heterocycles. The van der Waals surface area contributed by atoms with Gasteiger partial charge in [-0.1, -0.05) is 61.2 Å². The highest BCUT2D eigenvalue weighted by atomic mass is 28.3. The Morgan fingerprint density at radius 3 is 1.59 bits per heavy atom. The zero-order valence-corrected chi connectivity index (χ0v) is 20.8. The Morgan fingerprint density at radius 1 is 0.759 bits per heavy atom. The van der Waals surface area contributed by atoms with Crippen molar-refractivity contribution in [1.29, 1.82) is 0 Å². The molecule has 0 bridgehead atoms. The van der Waals surface area contributed by atoms with Crippen LogP contribution in [0.2, 0.25) is 25.7 Å². The molecule has 0 radical (unpaired) electrons. The van der Waals surface area contributed by atoms with Crippen molar-refractivity contribution >= 4 is 26.0 Å². The summed E-state index contributed by atoms with van der Waals surface area (Å²) in [5.41, 5.74) is 0. The second-order valence-corrected chi connectivity index (χ2v) is 15.3. The normalized spacial score (nSPS) is 15.2. The van der Waals surface area contributed by atoms with Crippen LogP contribution in [0, 0.1) is 17.8 Å². The Kier molecular flexibility index (Phi) is 11.7. The van der Waals surface area contributed by atoms with E-state index in [1.165, 1.54) is 0 Å². The number of rotatable bonds is 12. The minimum Gasteiger partial charge on any atom is -0.463 e. The molecule has 0 unspecified atom stereocenters. The standard InChI is InChI=1S/C21H41NO6Si/c1-13(2)16(22-7)19(23)27-18(15(5)6)21(25)28-17(14(3)4)20(24)26-11-12-29(8,9)10/h13-18,22H,11-12H2,1-10H3/t16-,17-,18-/m0/s1. The summed E-state index contributed by atoms with van der Waals surface area (Å²) in [6.07, 6.45) is -2.12. The van der Waals surface area contributed by atoms with Gasteiger partial charge in [0.05, 0.1) is 6.61 Å². The van der Waals surface area contributed by atoms with Crippen LogP contribution in [0.1, 0.15) is 41.5 Å². The van der Waals surface area contributed by atoms with Crippen molar-refractivity contribution in [2.75, 3.05) is 13.7 Å². The lowest BCUT2D eigenvalue weighted by molar-refractivity contribution is -0.184. The average Bonchev–Trinajstić information content (AvgIpc) is 2.55. The highest BCUT2D eigenvalue weighted by molar-refractivity contribution is 6.76. The van der Waals surface area contributed by atoms with Crippen molar-refractivity contribution in [2.45, 2.75) is 85.5 Å². The van der Waals surface area contributed by atoms with Crippen molar-refractivity contribution in [2.24, 2.45) is 17.8 Å². The summed E-state index contributed by atoms with van der Waals surface area (Å²) in [5, 5.41) is 2.90. The van der Waals surface area contributed by atoms with Gasteiger partial charge in [0.2, 0.25) is 12.2 Å². The Morgan fingerprint density at radius 2 is 1.21 bits per heavy atom. The summed E-state index contributed by atoms with van der Waals surface area (Å²) in [7, 11) is 0.325. The number of hydrogen-bond donors (Lipinski definition) is 1. The summed E-state index contributed by atoms with van der Waals surface area (Å²) >= 11 is 0.